The summed E-state index contributed by atoms with van der Waals surface area (Å²) in [5, 5.41) is 0. The van der Waals surface area contributed by atoms with E-state index >= 15 is 0 Å². The second kappa shape index (κ2) is 5.49. The topological polar surface area (TPSA) is 94.6 Å². The number of ether oxygens (including phenoxy) is 1. The predicted molar refractivity (Wildman–Crippen MR) is 63.8 cm³/mol. The van der Waals surface area contributed by atoms with Crippen LogP contribution in [0.4, 0.5) is 0 Å². The van der Waals surface area contributed by atoms with Crippen molar-refractivity contribution in [3.8, 4) is 0 Å². The van der Waals surface area contributed by atoms with Crippen LogP contribution < -0.4 is 0 Å². The van der Waals surface area contributed by atoms with Crippen molar-refractivity contribution in [2.24, 2.45) is 0 Å². The summed E-state index contributed by atoms with van der Waals surface area (Å²) in [5.41, 5.74) is 0.810. The number of carbonyl (C=O) groups excluding carboxylic acids is 1. The number of benzene rings is 1. The van der Waals surface area contributed by atoms with Gasteiger partial charge in [-0.1, -0.05) is 17.7 Å². The maximum Gasteiger partial charge on any atom is 0.417 e. The molecule has 6 nitrogen and oxygen atoms in total. The third-order valence-electron chi connectivity index (χ3n) is 2.14. The molecule has 0 atom stereocenters. The summed E-state index contributed by atoms with van der Waals surface area (Å²) in [4.78, 5) is 9.45. The standard InChI is InChI=1S/C10H11O6S2/c1-9-2-4-10(5-3-9)18(14,15)17(12,13)7-6-16-8-11/h2-5H,6-7H2,1H3. The van der Waals surface area contributed by atoms with Gasteiger partial charge in [-0.05, 0) is 19.1 Å². The largest absolute Gasteiger partial charge is 0.456 e. The molecule has 0 spiro atoms. The van der Waals surface area contributed by atoms with Crippen LogP contribution in [0.5, 0.6) is 0 Å². The van der Waals surface area contributed by atoms with Crippen molar-refractivity contribution < 1.29 is 26.4 Å². The van der Waals surface area contributed by atoms with Gasteiger partial charge in [0.25, 0.3) is 17.7 Å². The van der Waals surface area contributed by atoms with Gasteiger partial charge in [0.1, 0.15) is 6.61 Å². The first-order valence-corrected chi connectivity index (χ1v) is 8.50. The van der Waals surface area contributed by atoms with Crippen LogP contribution in [-0.4, -0.2) is 35.7 Å². The van der Waals surface area contributed by atoms with Crippen molar-refractivity contribution in [1.29, 1.82) is 0 Å². The van der Waals surface area contributed by atoms with E-state index in [0.717, 1.165) is 12.0 Å². The number of aryl methyl sites for hydroxylation is 1. The Hall–Kier alpha value is -1.41. The van der Waals surface area contributed by atoms with Crippen molar-refractivity contribution >= 4 is 24.2 Å². The number of rotatable bonds is 6. The highest BCUT2D eigenvalue weighted by molar-refractivity contribution is 8.67. The SMILES string of the molecule is Cc1ccc(S(=O)(=O)S(=O)(=O)CCO[C]=O)cc1. The lowest BCUT2D eigenvalue weighted by Crippen LogP contribution is -2.22. The maximum absolute atomic E-state index is 11.8. The molecule has 0 heterocycles. The predicted octanol–water partition coefficient (Wildman–Crippen LogP) is 0.182. The molecule has 1 radical (unpaired) electrons. The van der Waals surface area contributed by atoms with Crippen LogP contribution in [0.3, 0.4) is 0 Å². The first-order chi connectivity index (χ1) is 8.31. The third kappa shape index (κ3) is 3.08. The van der Waals surface area contributed by atoms with E-state index in [9.17, 15) is 21.6 Å². The Kier molecular flexibility index (Phi) is 4.47. The highest BCUT2D eigenvalue weighted by atomic mass is 33.2. The van der Waals surface area contributed by atoms with E-state index in [1.807, 2.05) is 0 Å². The van der Waals surface area contributed by atoms with Gasteiger partial charge in [0.05, 0.1) is 10.6 Å². The van der Waals surface area contributed by atoms with Crippen LogP contribution in [0.1, 0.15) is 5.56 Å². The van der Waals surface area contributed by atoms with E-state index in [-0.39, 0.29) is 4.90 Å². The highest BCUT2D eigenvalue weighted by Gasteiger charge is 2.31. The molecule has 8 heteroatoms. The third-order valence-corrected chi connectivity index (χ3v) is 7.41. The fourth-order valence-corrected chi connectivity index (χ4v) is 4.49. The lowest BCUT2D eigenvalue weighted by Gasteiger charge is -2.05. The van der Waals surface area contributed by atoms with E-state index in [1.54, 1.807) is 6.92 Å². The van der Waals surface area contributed by atoms with Crippen LogP contribution >= 0.6 is 0 Å². The highest BCUT2D eigenvalue weighted by Crippen LogP contribution is 2.18. The zero-order valence-corrected chi connectivity index (χ0v) is 11.1. The van der Waals surface area contributed by atoms with Crippen LogP contribution in [-0.2, 0) is 27.3 Å². The van der Waals surface area contributed by atoms with Gasteiger partial charge in [-0.25, -0.2) is 21.6 Å². The second-order valence-corrected chi connectivity index (χ2v) is 9.20. The molecule has 0 saturated carbocycles. The Labute approximate surface area is 105 Å². The van der Waals surface area contributed by atoms with Gasteiger partial charge < -0.3 is 4.74 Å². The minimum atomic E-state index is -4.47. The lowest BCUT2D eigenvalue weighted by molar-refractivity contribution is 0.297. The van der Waals surface area contributed by atoms with Gasteiger partial charge in [0.2, 0.25) is 0 Å². The molecule has 0 fully saturated rings. The molecule has 99 valence electrons. The van der Waals surface area contributed by atoms with Crippen molar-refractivity contribution in [3.63, 3.8) is 0 Å². The smallest absolute Gasteiger partial charge is 0.417 e. The molecule has 1 rings (SSSR count). The summed E-state index contributed by atoms with van der Waals surface area (Å²) in [7, 11) is -8.90. The Bertz CT molecular complexity index is 613. The molecule has 0 aliphatic heterocycles. The summed E-state index contributed by atoms with van der Waals surface area (Å²) in [5.74, 6) is -0.793. The molecule has 0 saturated heterocycles. The first kappa shape index (κ1) is 14.7. The van der Waals surface area contributed by atoms with Crippen LogP contribution in [0.2, 0.25) is 0 Å². The molecule has 0 aliphatic rings. The Morgan fingerprint density at radius 1 is 1.11 bits per heavy atom. The van der Waals surface area contributed by atoms with Gasteiger partial charge in [-0.15, -0.1) is 0 Å². The van der Waals surface area contributed by atoms with E-state index < -0.39 is 30.1 Å². The molecule has 18 heavy (non-hydrogen) atoms. The first-order valence-electron chi connectivity index (χ1n) is 4.84. The monoisotopic (exact) mass is 291 g/mol. The molecule has 0 aliphatic carbocycles. The zero-order chi connectivity index (χ0) is 13.8. The minimum Gasteiger partial charge on any atom is -0.456 e. The summed E-state index contributed by atoms with van der Waals surface area (Å²) in [6.07, 6.45) is 0. The summed E-state index contributed by atoms with van der Waals surface area (Å²) in [6, 6.07) is 5.43. The van der Waals surface area contributed by atoms with E-state index in [4.69, 9.17) is 0 Å². The molecular weight excluding hydrogens is 280 g/mol. The van der Waals surface area contributed by atoms with Crippen LogP contribution in [0.15, 0.2) is 29.2 Å². The van der Waals surface area contributed by atoms with E-state index in [2.05, 4.69) is 4.74 Å². The number of hydrogen-bond donors (Lipinski definition) is 0. The molecule has 1 aromatic carbocycles. The molecule has 0 bridgehead atoms. The summed E-state index contributed by atoms with van der Waals surface area (Å²) in [6.45, 7) is 2.23. The van der Waals surface area contributed by atoms with Gasteiger partial charge in [0, 0.05) is 0 Å². The van der Waals surface area contributed by atoms with Crippen LogP contribution in [0, 0.1) is 6.92 Å². The van der Waals surface area contributed by atoms with Gasteiger partial charge in [0.15, 0.2) is 0 Å². The van der Waals surface area contributed by atoms with Crippen molar-refractivity contribution in [3.05, 3.63) is 29.8 Å². The molecule has 0 unspecified atom stereocenters. The zero-order valence-electron chi connectivity index (χ0n) is 9.49. The summed E-state index contributed by atoms with van der Waals surface area (Å²) >= 11 is 0. The second-order valence-electron chi connectivity index (χ2n) is 3.46. The minimum absolute atomic E-state index is 0.303. The van der Waals surface area contributed by atoms with Crippen molar-refractivity contribution in [2.45, 2.75) is 11.8 Å². The Balaban J connectivity index is 3.06. The average Bonchev–Trinajstić information content (AvgIpc) is 2.29. The van der Waals surface area contributed by atoms with Gasteiger partial charge in [-0.2, -0.15) is 0 Å². The molecule has 1 aromatic rings. The quantitative estimate of drug-likeness (QED) is 0.548. The molecule has 0 amide bonds. The fraction of sp³-hybridized carbons (Fsp3) is 0.300. The normalized spacial score (nSPS) is 12.1. The van der Waals surface area contributed by atoms with Crippen molar-refractivity contribution in [1.82, 2.24) is 0 Å². The molecule has 0 aromatic heterocycles. The summed E-state index contributed by atoms with van der Waals surface area (Å²) < 4.78 is 50.9. The van der Waals surface area contributed by atoms with Crippen LogP contribution in [0.25, 0.3) is 0 Å². The maximum atomic E-state index is 11.8. The Morgan fingerprint density at radius 2 is 1.67 bits per heavy atom. The van der Waals surface area contributed by atoms with E-state index in [1.165, 1.54) is 24.3 Å². The van der Waals surface area contributed by atoms with Gasteiger partial charge in [-0.3, -0.25) is 0 Å². The molecular formula is C10H11O6S2. The average molecular weight is 291 g/mol. The lowest BCUT2D eigenvalue weighted by atomic mass is 10.2. The van der Waals surface area contributed by atoms with Gasteiger partial charge >= 0.3 is 6.47 Å². The Morgan fingerprint density at radius 3 is 2.17 bits per heavy atom. The number of hydrogen-bond acceptors (Lipinski definition) is 6. The fourth-order valence-electron chi connectivity index (χ4n) is 1.15. The van der Waals surface area contributed by atoms with Crippen molar-refractivity contribution in [2.75, 3.05) is 12.4 Å². The molecule has 0 N–H and O–H groups in total. The van der Waals surface area contributed by atoms with E-state index in [0.29, 0.717) is 0 Å².